The molecule has 2 N–H and O–H groups in total. The molecule has 0 aliphatic carbocycles. The second-order valence-corrected chi connectivity index (χ2v) is 7.54. The number of aliphatic carboxylic acids is 2. The lowest BCUT2D eigenvalue weighted by atomic mass is 9.99. The molecule has 9 heteroatoms. The van der Waals surface area contributed by atoms with Gasteiger partial charge < -0.3 is 29.5 Å². The van der Waals surface area contributed by atoms with Crippen LogP contribution in [-0.2, 0) is 14.3 Å². The number of carboxylic acid groups (broad SMARTS) is 2. The summed E-state index contributed by atoms with van der Waals surface area (Å²) in [6.45, 7) is 6.84. The van der Waals surface area contributed by atoms with E-state index in [1.807, 2.05) is 81.4 Å². The molecule has 0 aliphatic heterocycles. The third kappa shape index (κ3) is 9.21. The molecule has 0 saturated carbocycles. The summed E-state index contributed by atoms with van der Waals surface area (Å²) < 4.78 is 11.6. The Morgan fingerprint density at radius 3 is 1.97 bits per heavy atom. The zero-order valence-electron chi connectivity index (χ0n) is 20.4. The van der Waals surface area contributed by atoms with Crippen LogP contribution in [0.4, 0.5) is 0 Å². The zero-order chi connectivity index (χ0) is 25.7. The Morgan fingerprint density at radius 1 is 0.912 bits per heavy atom. The molecule has 0 aromatic heterocycles. The van der Waals surface area contributed by atoms with Gasteiger partial charge in [0.25, 0.3) is 5.91 Å². The Hall–Kier alpha value is -3.43. The van der Waals surface area contributed by atoms with Gasteiger partial charge in [0, 0.05) is 25.2 Å². The van der Waals surface area contributed by atoms with Gasteiger partial charge in [-0.25, -0.2) is 9.59 Å². The van der Waals surface area contributed by atoms with Crippen molar-refractivity contribution in [3.63, 3.8) is 0 Å². The molecule has 0 spiro atoms. The molecule has 186 valence electrons. The van der Waals surface area contributed by atoms with Crippen molar-refractivity contribution in [2.45, 2.75) is 20.0 Å². The fourth-order valence-electron chi connectivity index (χ4n) is 3.04. The second kappa shape index (κ2) is 14.7. The number of carbonyl (C=O) groups is 3. The molecule has 0 saturated heterocycles. The maximum atomic E-state index is 12.6. The number of likely N-dealkylation sites (N-methyl/N-ethyl adjacent to an activating group) is 1. The van der Waals surface area contributed by atoms with Crippen LogP contribution in [0.3, 0.4) is 0 Å². The van der Waals surface area contributed by atoms with E-state index < -0.39 is 11.9 Å². The third-order valence-corrected chi connectivity index (χ3v) is 4.91. The maximum Gasteiger partial charge on any atom is 0.414 e. The Kier molecular flexibility index (Phi) is 12.3. The predicted molar refractivity (Wildman–Crippen MR) is 128 cm³/mol. The minimum absolute atomic E-state index is 0.0583. The van der Waals surface area contributed by atoms with Crippen molar-refractivity contribution in [2.75, 3.05) is 47.4 Å². The number of hydrogen-bond acceptors (Lipinski definition) is 6. The van der Waals surface area contributed by atoms with E-state index in [0.29, 0.717) is 25.3 Å². The van der Waals surface area contributed by atoms with Crippen LogP contribution >= 0.6 is 0 Å². The van der Waals surface area contributed by atoms with Gasteiger partial charge in [0.2, 0.25) is 0 Å². The standard InChI is InChI=1S/C23H32N2O3.C2H2O4/c1-6-25(7-2)23(26)19-13-11-18(12-14-19)22(28-16-15-24(3)4)20-9-8-10-21(17-20)27-5;3-1(4)2(5)6/h8-14,17,22H,6-7,15-16H2,1-5H3;(H,3,4)(H,5,6). The Labute approximate surface area is 200 Å². The van der Waals surface area contributed by atoms with Crippen molar-refractivity contribution in [3.05, 3.63) is 65.2 Å². The first-order chi connectivity index (χ1) is 16.1. The summed E-state index contributed by atoms with van der Waals surface area (Å²) in [5.41, 5.74) is 2.74. The van der Waals surface area contributed by atoms with Crippen LogP contribution < -0.4 is 4.74 Å². The highest BCUT2D eigenvalue weighted by atomic mass is 16.5. The van der Waals surface area contributed by atoms with Crippen molar-refractivity contribution in [2.24, 2.45) is 0 Å². The minimum atomic E-state index is -1.82. The van der Waals surface area contributed by atoms with Gasteiger partial charge in [0.15, 0.2) is 0 Å². The van der Waals surface area contributed by atoms with Crippen molar-refractivity contribution >= 4 is 17.8 Å². The quantitative estimate of drug-likeness (QED) is 0.505. The average molecular weight is 475 g/mol. The lowest BCUT2D eigenvalue weighted by molar-refractivity contribution is -0.159. The number of methoxy groups -OCH3 is 1. The highest BCUT2D eigenvalue weighted by Gasteiger charge is 2.18. The van der Waals surface area contributed by atoms with E-state index in [9.17, 15) is 4.79 Å². The van der Waals surface area contributed by atoms with Gasteiger partial charge in [-0.1, -0.05) is 24.3 Å². The van der Waals surface area contributed by atoms with Crippen LogP contribution in [0.1, 0.15) is 41.4 Å². The van der Waals surface area contributed by atoms with Crippen LogP contribution in [0.25, 0.3) is 0 Å². The molecule has 2 rings (SSSR count). The van der Waals surface area contributed by atoms with E-state index in [4.69, 9.17) is 29.3 Å². The largest absolute Gasteiger partial charge is 0.497 e. The molecule has 2 aromatic rings. The third-order valence-electron chi connectivity index (χ3n) is 4.91. The molecule has 9 nitrogen and oxygen atoms in total. The molecule has 0 radical (unpaired) electrons. The number of ether oxygens (including phenoxy) is 2. The molecule has 0 heterocycles. The summed E-state index contributed by atoms with van der Waals surface area (Å²) in [5, 5.41) is 14.8. The van der Waals surface area contributed by atoms with Crippen LogP contribution in [0.2, 0.25) is 0 Å². The van der Waals surface area contributed by atoms with Crippen LogP contribution in [-0.4, -0.2) is 85.3 Å². The highest BCUT2D eigenvalue weighted by Crippen LogP contribution is 2.29. The maximum absolute atomic E-state index is 12.6. The van der Waals surface area contributed by atoms with E-state index in [1.165, 1.54) is 0 Å². The summed E-state index contributed by atoms with van der Waals surface area (Å²) in [5.74, 6) is -2.79. The molecular formula is C25H34N2O7. The zero-order valence-corrected chi connectivity index (χ0v) is 20.4. The first-order valence-electron chi connectivity index (χ1n) is 10.9. The molecule has 34 heavy (non-hydrogen) atoms. The normalized spacial score (nSPS) is 11.2. The van der Waals surface area contributed by atoms with Crippen LogP contribution in [0, 0.1) is 0 Å². The van der Waals surface area contributed by atoms with Crippen LogP contribution in [0.5, 0.6) is 5.75 Å². The van der Waals surface area contributed by atoms with Gasteiger partial charge >= 0.3 is 11.9 Å². The lowest BCUT2D eigenvalue weighted by Crippen LogP contribution is -2.30. The molecule has 1 atom stereocenters. The van der Waals surface area contributed by atoms with E-state index in [-0.39, 0.29) is 12.0 Å². The van der Waals surface area contributed by atoms with E-state index in [0.717, 1.165) is 23.4 Å². The van der Waals surface area contributed by atoms with Crippen molar-refractivity contribution < 1.29 is 34.1 Å². The fraction of sp³-hybridized carbons (Fsp3) is 0.400. The van der Waals surface area contributed by atoms with Gasteiger partial charge in [-0.2, -0.15) is 0 Å². The summed E-state index contributed by atoms with van der Waals surface area (Å²) >= 11 is 0. The number of carboxylic acids is 2. The van der Waals surface area contributed by atoms with Crippen molar-refractivity contribution in [3.8, 4) is 5.75 Å². The molecule has 1 unspecified atom stereocenters. The molecule has 0 aliphatic rings. The second-order valence-electron chi connectivity index (χ2n) is 7.54. The molecular weight excluding hydrogens is 440 g/mol. The average Bonchev–Trinajstić information content (AvgIpc) is 2.83. The fourth-order valence-corrected chi connectivity index (χ4v) is 3.04. The first-order valence-corrected chi connectivity index (χ1v) is 10.9. The molecule has 2 aromatic carbocycles. The van der Waals surface area contributed by atoms with E-state index >= 15 is 0 Å². The Morgan fingerprint density at radius 2 is 1.50 bits per heavy atom. The van der Waals surface area contributed by atoms with E-state index in [2.05, 4.69) is 4.90 Å². The van der Waals surface area contributed by atoms with Crippen molar-refractivity contribution in [1.29, 1.82) is 0 Å². The topological polar surface area (TPSA) is 117 Å². The van der Waals surface area contributed by atoms with Gasteiger partial charge in [0.1, 0.15) is 11.9 Å². The van der Waals surface area contributed by atoms with Crippen molar-refractivity contribution in [1.82, 2.24) is 9.80 Å². The highest BCUT2D eigenvalue weighted by molar-refractivity contribution is 6.27. The Balaban J connectivity index is 0.000000852. The number of hydrogen-bond donors (Lipinski definition) is 2. The number of rotatable bonds is 10. The first kappa shape index (κ1) is 28.6. The minimum Gasteiger partial charge on any atom is -0.497 e. The summed E-state index contributed by atoms with van der Waals surface area (Å²) in [7, 11) is 5.71. The molecule has 0 bridgehead atoms. The van der Waals surface area contributed by atoms with Gasteiger partial charge in [-0.15, -0.1) is 0 Å². The predicted octanol–water partition coefficient (Wildman–Crippen LogP) is 3.00. The molecule has 0 fully saturated rings. The van der Waals surface area contributed by atoms with Gasteiger partial charge in [-0.05, 0) is 63.3 Å². The number of carbonyl (C=O) groups excluding carboxylic acids is 1. The van der Waals surface area contributed by atoms with Gasteiger partial charge in [0.05, 0.1) is 13.7 Å². The SMILES string of the molecule is CCN(CC)C(=O)c1ccc(C(OCCN(C)C)c2cccc(OC)c2)cc1.O=C(O)C(=O)O. The monoisotopic (exact) mass is 474 g/mol. The summed E-state index contributed by atoms with van der Waals surface area (Å²) in [6, 6.07) is 15.7. The number of nitrogens with zero attached hydrogens (tertiary/aromatic N) is 2. The summed E-state index contributed by atoms with van der Waals surface area (Å²) in [4.78, 5) is 34.7. The number of amides is 1. The number of benzene rings is 2. The molecule has 1 amide bonds. The van der Waals surface area contributed by atoms with Crippen LogP contribution in [0.15, 0.2) is 48.5 Å². The summed E-state index contributed by atoms with van der Waals surface area (Å²) in [6.07, 6.45) is -0.215. The van der Waals surface area contributed by atoms with Gasteiger partial charge in [-0.3, -0.25) is 4.79 Å². The smallest absolute Gasteiger partial charge is 0.414 e. The lowest BCUT2D eigenvalue weighted by Gasteiger charge is -2.22. The Bertz CT molecular complexity index is 913. The van der Waals surface area contributed by atoms with E-state index in [1.54, 1.807) is 7.11 Å².